The SMILES string of the molecule is CCC(N)C(SC1CCOC1C)c1ccccc1Br. The smallest absolute Gasteiger partial charge is 0.0666 e. The van der Waals surface area contributed by atoms with Crippen molar-refractivity contribution in [1.29, 1.82) is 0 Å². The Bertz CT molecular complexity index is 415. The normalized spacial score (nSPS) is 26.3. The summed E-state index contributed by atoms with van der Waals surface area (Å²) in [6.45, 7) is 5.20. The molecule has 1 fully saturated rings. The third-order valence-electron chi connectivity index (χ3n) is 3.70. The van der Waals surface area contributed by atoms with Gasteiger partial charge in [0.15, 0.2) is 0 Å². The Balaban J connectivity index is 2.19. The Morgan fingerprint density at radius 1 is 1.47 bits per heavy atom. The number of hydrogen-bond donors (Lipinski definition) is 1. The predicted molar refractivity (Wildman–Crippen MR) is 86.6 cm³/mol. The van der Waals surface area contributed by atoms with E-state index in [0.717, 1.165) is 23.9 Å². The molecule has 1 saturated heterocycles. The minimum absolute atomic E-state index is 0.177. The van der Waals surface area contributed by atoms with Crippen molar-refractivity contribution in [2.45, 2.75) is 49.3 Å². The zero-order valence-corrected chi connectivity index (χ0v) is 13.9. The van der Waals surface area contributed by atoms with Crippen LogP contribution in [0.3, 0.4) is 0 Å². The highest BCUT2D eigenvalue weighted by Crippen LogP contribution is 2.42. The summed E-state index contributed by atoms with van der Waals surface area (Å²) < 4.78 is 6.83. The van der Waals surface area contributed by atoms with E-state index in [-0.39, 0.29) is 6.04 Å². The van der Waals surface area contributed by atoms with E-state index in [4.69, 9.17) is 10.5 Å². The first kappa shape index (κ1) is 15.4. The molecule has 1 aromatic rings. The van der Waals surface area contributed by atoms with Gasteiger partial charge in [-0.25, -0.2) is 0 Å². The van der Waals surface area contributed by atoms with Crippen LogP contribution in [-0.2, 0) is 4.74 Å². The molecular weight excluding hydrogens is 322 g/mol. The quantitative estimate of drug-likeness (QED) is 0.872. The summed E-state index contributed by atoms with van der Waals surface area (Å²) in [6.07, 6.45) is 2.45. The largest absolute Gasteiger partial charge is 0.377 e. The molecule has 0 bridgehead atoms. The number of rotatable bonds is 5. The Hall–Kier alpha value is -0.0300. The standard InChI is InChI=1S/C15H22BrNOS/c1-3-13(17)15(11-6-4-5-7-12(11)16)19-14-8-9-18-10(14)2/h4-7,10,13-15H,3,8-9,17H2,1-2H3. The Labute approximate surface area is 128 Å². The van der Waals surface area contributed by atoms with Gasteiger partial charge in [0.1, 0.15) is 0 Å². The highest BCUT2D eigenvalue weighted by atomic mass is 79.9. The van der Waals surface area contributed by atoms with Gasteiger partial charge >= 0.3 is 0 Å². The molecule has 1 aromatic carbocycles. The first-order valence-electron chi connectivity index (χ1n) is 6.90. The third kappa shape index (κ3) is 3.75. The van der Waals surface area contributed by atoms with Gasteiger partial charge in [-0.1, -0.05) is 41.1 Å². The van der Waals surface area contributed by atoms with Gasteiger partial charge in [0.2, 0.25) is 0 Å². The third-order valence-corrected chi connectivity index (χ3v) is 6.29. The fraction of sp³-hybridized carbons (Fsp3) is 0.600. The zero-order valence-electron chi connectivity index (χ0n) is 11.5. The lowest BCUT2D eigenvalue weighted by Crippen LogP contribution is -2.28. The molecule has 0 amide bonds. The van der Waals surface area contributed by atoms with E-state index in [1.807, 2.05) is 17.8 Å². The van der Waals surface area contributed by atoms with Crippen molar-refractivity contribution in [2.75, 3.05) is 6.61 Å². The van der Waals surface area contributed by atoms with E-state index in [0.29, 0.717) is 16.6 Å². The summed E-state index contributed by atoms with van der Waals surface area (Å²) in [6, 6.07) is 8.59. The zero-order chi connectivity index (χ0) is 13.8. The molecule has 4 atom stereocenters. The predicted octanol–water partition coefficient (Wildman–Crippen LogP) is 4.14. The summed E-state index contributed by atoms with van der Waals surface area (Å²) in [4.78, 5) is 0. The molecular formula is C15H22BrNOS. The van der Waals surface area contributed by atoms with Crippen molar-refractivity contribution in [2.24, 2.45) is 5.73 Å². The van der Waals surface area contributed by atoms with Crippen molar-refractivity contribution < 1.29 is 4.74 Å². The molecule has 4 unspecified atom stereocenters. The van der Waals surface area contributed by atoms with Gasteiger partial charge in [-0.3, -0.25) is 0 Å². The van der Waals surface area contributed by atoms with Crippen LogP contribution in [0, 0.1) is 0 Å². The summed E-state index contributed by atoms with van der Waals surface area (Å²) in [5, 5.41) is 0.879. The van der Waals surface area contributed by atoms with Crippen molar-refractivity contribution in [3.8, 4) is 0 Å². The Morgan fingerprint density at radius 2 is 2.21 bits per heavy atom. The van der Waals surface area contributed by atoms with Gasteiger partial charge in [0.05, 0.1) is 6.10 Å². The van der Waals surface area contributed by atoms with Crippen molar-refractivity contribution in [3.63, 3.8) is 0 Å². The van der Waals surface area contributed by atoms with Crippen molar-refractivity contribution >= 4 is 27.7 Å². The van der Waals surface area contributed by atoms with E-state index in [1.165, 1.54) is 5.56 Å². The lowest BCUT2D eigenvalue weighted by Gasteiger charge is -2.27. The molecule has 1 aliphatic rings. The molecule has 0 aliphatic carbocycles. The first-order valence-corrected chi connectivity index (χ1v) is 8.64. The fourth-order valence-electron chi connectivity index (χ4n) is 2.40. The second-order valence-corrected chi connectivity index (χ2v) is 7.29. The van der Waals surface area contributed by atoms with E-state index >= 15 is 0 Å². The molecule has 0 saturated carbocycles. The van der Waals surface area contributed by atoms with Gasteiger partial charge in [0.25, 0.3) is 0 Å². The monoisotopic (exact) mass is 343 g/mol. The van der Waals surface area contributed by atoms with Crippen LogP contribution in [-0.4, -0.2) is 24.0 Å². The van der Waals surface area contributed by atoms with E-state index in [1.54, 1.807) is 0 Å². The lowest BCUT2D eigenvalue weighted by atomic mass is 10.0. The number of halogens is 1. The highest BCUT2D eigenvalue weighted by molar-refractivity contribution is 9.10. The number of hydrogen-bond acceptors (Lipinski definition) is 3. The van der Waals surface area contributed by atoms with Gasteiger partial charge in [-0.2, -0.15) is 0 Å². The number of ether oxygens (including phenoxy) is 1. The minimum Gasteiger partial charge on any atom is -0.377 e. The van der Waals surface area contributed by atoms with Crippen LogP contribution in [0.2, 0.25) is 0 Å². The topological polar surface area (TPSA) is 35.2 Å². The number of benzene rings is 1. The minimum atomic E-state index is 0.177. The summed E-state index contributed by atoms with van der Waals surface area (Å²) in [7, 11) is 0. The summed E-state index contributed by atoms with van der Waals surface area (Å²) in [5.74, 6) is 0. The van der Waals surface area contributed by atoms with Crippen molar-refractivity contribution in [3.05, 3.63) is 34.3 Å². The van der Waals surface area contributed by atoms with Crippen molar-refractivity contribution in [1.82, 2.24) is 0 Å². The summed E-state index contributed by atoms with van der Waals surface area (Å²) in [5.41, 5.74) is 7.67. The van der Waals surface area contributed by atoms with Gasteiger partial charge < -0.3 is 10.5 Å². The van der Waals surface area contributed by atoms with Gasteiger partial charge in [0, 0.05) is 27.6 Å². The molecule has 0 radical (unpaired) electrons. The molecule has 1 heterocycles. The highest BCUT2D eigenvalue weighted by Gasteiger charge is 2.31. The van der Waals surface area contributed by atoms with Crippen LogP contribution in [0.1, 0.15) is 37.5 Å². The van der Waals surface area contributed by atoms with E-state index in [2.05, 4.69) is 48.0 Å². The molecule has 2 rings (SSSR count). The molecule has 1 aliphatic heterocycles. The molecule has 2 nitrogen and oxygen atoms in total. The number of nitrogens with two attached hydrogens (primary N) is 1. The second kappa shape index (κ2) is 7.11. The average Bonchev–Trinajstić information content (AvgIpc) is 2.81. The number of thioether (sulfide) groups is 1. The molecule has 0 spiro atoms. The van der Waals surface area contributed by atoms with Gasteiger partial charge in [-0.05, 0) is 31.4 Å². The van der Waals surface area contributed by atoms with E-state index in [9.17, 15) is 0 Å². The van der Waals surface area contributed by atoms with Crippen LogP contribution in [0.15, 0.2) is 28.7 Å². The second-order valence-electron chi connectivity index (χ2n) is 5.05. The molecule has 106 valence electrons. The van der Waals surface area contributed by atoms with Crippen LogP contribution in [0.5, 0.6) is 0 Å². The van der Waals surface area contributed by atoms with Gasteiger partial charge in [-0.15, -0.1) is 11.8 Å². The molecule has 2 N–H and O–H groups in total. The fourth-order valence-corrected chi connectivity index (χ4v) is 4.74. The molecule has 0 aromatic heterocycles. The maximum atomic E-state index is 6.36. The first-order chi connectivity index (χ1) is 9.13. The van der Waals surface area contributed by atoms with Crippen LogP contribution >= 0.6 is 27.7 Å². The Morgan fingerprint density at radius 3 is 2.79 bits per heavy atom. The maximum Gasteiger partial charge on any atom is 0.0666 e. The molecule has 19 heavy (non-hydrogen) atoms. The Kier molecular flexibility index (Phi) is 5.75. The van der Waals surface area contributed by atoms with E-state index < -0.39 is 0 Å². The lowest BCUT2D eigenvalue weighted by molar-refractivity contribution is 0.127. The molecule has 4 heteroatoms. The van der Waals surface area contributed by atoms with Crippen LogP contribution in [0.4, 0.5) is 0 Å². The maximum absolute atomic E-state index is 6.36. The van der Waals surface area contributed by atoms with Crippen LogP contribution in [0.25, 0.3) is 0 Å². The van der Waals surface area contributed by atoms with Crippen LogP contribution < -0.4 is 5.73 Å². The average molecular weight is 344 g/mol. The summed E-state index contributed by atoms with van der Waals surface area (Å²) >= 11 is 5.64.